The zero-order valence-corrected chi connectivity index (χ0v) is 19.4. The molecule has 0 aliphatic heterocycles. The van der Waals surface area contributed by atoms with E-state index in [0.29, 0.717) is 19.2 Å². The van der Waals surface area contributed by atoms with Gasteiger partial charge in [-0.1, -0.05) is 6.07 Å². The number of halogens is 4. The van der Waals surface area contributed by atoms with Crippen molar-refractivity contribution < 1.29 is 30.8 Å². The van der Waals surface area contributed by atoms with Crippen molar-refractivity contribution in [1.82, 2.24) is 9.55 Å². The van der Waals surface area contributed by atoms with Crippen LogP contribution in [0.3, 0.4) is 0 Å². The van der Waals surface area contributed by atoms with Gasteiger partial charge in [-0.05, 0) is 30.5 Å². The molecule has 0 atom stereocenters. The van der Waals surface area contributed by atoms with E-state index in [-0.39, 0.29) is 13.7 Å². The van der Waals surface area contributed by atoms with Crippen molar-refractivity contribution in [3.8, 4) is 17.2 Å². The number of amides is 1. The Labute approximate surface area is 198 Å². The van der Waals surface area contributed by atoms with Crippen LogP contribution >= 0.6 is 11.3 Å². The minimum atomic E-state index is -5.31. The SMILES string of the molecule is CCS(=O)(=O)N(C(=O)c1cccs1)c1cc(-c2c(C(F)(F)F)n(C)c(=O)[nH]c2=O)c(F)cc1C#N. The van der Waals surface area contributed by atoms with E-state index in [1.165, 1.54) is 30.5 Å². The molecule has 184 valence electrons. The molecule has 0 spiro atoms. The lowest BCUT2D eigenvalue weighted by Gasteiger charge is -2.24. The van der Waals surface area contributed by atoms with E-state index in [1.54, 1.807) is 4.98 Å². The number of nitrogens with zero attached hydrogens (tertiary/aromatic N) is 3. The monoisotopic (exact) mass is 530 g/mol. The number of aromatic nitrogens is 2. The summed E-state index contributed by atoms with van der Waals surface area (Å²) in [5.74, 6) is -3.28. The maximum absolute atomic E-state index is 15.0. The van der Waals surface area contributed by atoms with E-state index in [0.717, 1.165) is 11.3 Å². The summed E-state index contributed by atoms with van der Waals surface area (Å²) in [6, 6.07) is 5.14. The van der Waals surface area contributed by atoms with Gasteiger partial charge in [0.25, 0.3) is 11.5 Å². The second-order valence-corrected chi connectivity index (χ2v) is 10.0. The molecule has 2 heterocycles. The van der Waals surface area contributed by atoms with Crippen LogP contribution in [0.2, 0.25) is 0 Å². The Bertz CT molecular complexity index is 1580. The number of hydrogen-bond donors (Lipinski definition) is 1. The van der Waals surface area contributed by atoms with Crippen LogP contribution < -0.4 is 15.6 Å². The van der Waals surface area contributed by atoms with Crippen molar-refractivity contribution in [3.05, 3.63) is 72.4 Å². The molecule has 0 radical (unpaired) electrons. The third-order valence-corrected chi connectivity index (χ3v) is 7.35. The molecule has 0 saturated carbocycles. The summed E-state index contributed by atoms with van der Waals surface area (Å²) in [5.41, 5.74) is -8.70. The number of alkyl halides is 3. The number of aromatic amines is 1. The molecule has 1 N–H and O–H groups in total. The Morgan fingerprint density at radius 2 is 1.94 bits per heavy atom. The molecule has 0 saturated heterocycles. The quantitative estimate of drug-likeness (QED) is 0.505. The second kappa shape index (κ2) is 9.12. The number of sulfonamides is 1. The minimum absolute atomic E-state index is 0.0470. The van der Waals surface area contributed by atoms with Crippen LogP contribution in [0.15, 0.2) is 39.2 Å². The fourth-order valence-electron chi connectivity index (χ4n) is 3.23. The highest BCUT2D eigenvalue weighted by Crippen LogP contribution is 2.38. The number of anilines is 1. The Kier molecular flexibility index (Phi) is 6.73. The largest absolute Gasteiger partial charge is 0.432 e. The molecule has 1 aromatic carbocycles. The molecule has 0 aliphatic carbocycles. The van der Waals surface area contributed by atoms with E-state index in [4.69, 9.17) is 0 Å². The summed E-state index contributed by atoms with van der Waals surface area (Å²) >= 11 is 0.855. The standard InChI is InChI=1S/C20H14F4N4O5S2/c1-3-35(32,33)28(18(30)14-5-4-6-34-14)13-8-11(12(21)7-10(13)9-25)15-16(20(22,23)24)27(2)19(31)26-17(15)29/h4-8H,3H2,1-2H3,(H,26,29,31). The number of nitriles is 1. The molecule has 0 bridgehead atoms. The number of hydrogen-bond acceptors (Lipinski definition) is 7. The van der Waals surface area contributed by atoms with Crippen LogP contribution in [0.4, 0.5) is 23.2 Å². The number of carbonyl (C=O) groups is 1. The number of carbonyl (C=O) groups excluding carboxylic acids is 1. The molecule has 0 aliphatic rings. The number of thiophene rings is 1. The van der Waals surface area contributed by atoms with Crippen LogP contribution in [0.5, 0.6) is 0 Å². The van der Waals surface area contributed by atoms with Gasteiger partial charge in [-0.2, -0.15) is 18.4 Å². The van der Waals surface area contributed by atoms with Crippen LogP contribution in [0.25, 0.3) is 11.1 Å². The van der Waals surface area contributed by atoms with Gasteiger partial charge in [0.2, 0.25) is 10.0 Å². The van der Waals surface area contributed by atoms with Gasteiger partial charge < -0.3 is 0 Å². The average Bonchev–Trinajstić information content (AvgIpc) is 3.31. The second-order valence-electron chi connectivity index (χ2n) is 6.95. The Balaban J connectivity index is 2.47. The molecular weight excluding hydrogens is 516 g/mol. The van der Waals surface area contributed by atoms with Gasteiger partial charge in [-0.25, -0.2) is 21.9 Å². The van der Waals surface area contributed by atoms with Gasteiger partial charge in [-0.15, -0.1) is 11.3 Å². The molecule has 35 heavy (non-hydrogen) atoms. The first kappa shape index (κ1) is 25.8. The van der Waals surface area contributed by atoms with Crippen LogP contribution in [0, 0.1) is 17.1 Å². The van der Waals surface area contributed by atoms with Gasteiger partial charge in [0.05, 0.1) is 27.4 Å². The molecular formula is C20H14F4N4O5S2. The van der Waals surface area contributed by atoms with Crippen molar-refractivity contribution in [3.63, 3.8) is 0 Å². The Hall–Kier alpha value is -3.77. The smallest absolute Gasteiger partial charge is 0.292 e. The van der Waals surface area contributed by atoms with E-state index in [1.807, 2.05) is 0 Å². The summed E-state index contributed by atoms with van der Waals surface area (Å²) in [6.07, 6.45) is -5.31. The third-order valence-electron chi connectivity index (χ3n) is 4.85. The first-order valence-electron chi connectivity index (χ1n) is 9.50. The Morgan fingerprint density at radius 1 is 1.29 bits per heavy atom. The van der Waals surface area contributed by atoms with Gasteiger partial charge >= 0.3 is 11.9 Å². The maximum Gasteiger partial charge on any atom is 0.432 e. The highest BCUT2D eigenvalue weighted by Gasteiger charge is 2.40. The van der Waals surface area contributed by atoms with Gasteiger partial charge in [0.15, 0.2) is 0 Å². The lowest BCUT2D eigenvalue weighted by atomic mass is 10.0. The van der Waals surface area contributed by atoms with Crippen molar-refractivity contribution in [2.75, 3.05) is 10.1 Å². The topological polar surface area (TPSA) is 133 Å². The number of rotatable bonds is 5. The fourth-order valence-corrected chi connectivity index (χ4v) is 5.00. The summed E-state index contributed by atoms with van der Waals surface area (Å²) in [5, 5.41) is 10.9. The van der Waals surface area contributed by atoms with Crippen molar-refractivity contribution in [2.45, 2.75) is 13.1 Å². The Morgan fingerprint density at radius 3 is 2.46 bits per heavy atom. The van der Waals surface area contributed by atoms with Crippen LogP contribution in [0.1, 0.15) is 27.9 Å². The van der Waals surface area contributed by atoms with Gasteiger partial charge in [0, 0.05) is 12.6 Å². The maximum atomic E-state index is 15.0. The molecule has 3 aromatic rings. The number of H-pyrrole nitrogens is 1. The lowest BCUT2D eigenvalue weighted by molar-refractivity contribution is -0.143. The molecule has 2 aromatic heterocycles. The number of nitrogens with one attached hydrogen (secondary N) is 1. The molecule has 3 rings (SSSR count). The summed E-state index contributed by atoms with van der Waals surface area (Å²) in [6.45, 7) is 1.18. The summed E-state index contributed by atoms with van der Waals surface area (Å²) in [7, 11) is -3.80. The average molecular weight is 530 g/mol. The molecule has 9 nitrogen and oxygen atoms in total. The van der Waals surface area contributed by atoms with E-state index in [2.05, 4.69) is 0 Å². The van der Waals surface area contributed by atoms with Gasteiger partial charge in [0.1, 0.15) is 17.6 Å². The predicted molar refractivity (Wildman–Crippen MR) is 118 cm³/mol. The van der Waals surface area contributed by atoms with E-state index < -0.39 is 73.0 Å². The normalized spacial score (nSPS) is 11.8. The van der Waals surface area contributed by atoms with Crippen molar-refractivity contribution in [1.29, 1.82) is 5.26 Å². The molecule has 1 amide bonds. The molecule has 0 fully saturated rings. The van der Waals surface area contributed by atoms with Crippen molar-refractivity contribution >= 4 is 33.0 Å². The summed E-state index contributed by atoms with van der Waals surface area (Å²) in [4.78, 5) is 38.8. The minimum Gasteiger partial charge on any atom is -0.292 e. The van der Waals surface area contributed by atoms with Crippen LogP contribution in [-0.4, -0.2) is 29.6 Å². The third kappa shape index (κ3) is 4.62. The molecule has 15 heteroatoms. The van der Waals surface area contributed by atoms with Crippen LogP contribution in [-0.2, 0) is 23.2 Å². The van der Waals surface area contributed by atoms with Crippen molar-refractivity contribution in [2.24, 2.45) is 7.05 Å². The zero-order valence-electron chi connectivity index (χ0n) is 17.8. The first-order chi connectivity index (χ1) is 16.2. The van der Waals surface area contributed by atoms with E-state index in [9.17, 15) is 45.6 Å². The fraction of sp³-hybridized carbons (Fsp3) is 0.200. The number of benzene rings is 1. The lowest BCUT2D eigenvalue weighted by Crippen LogP contribution is -2.38. The summed E-state index contributed by atoms with van der Waals surface area (Å²) < 4.78 is 82.3. The predicted octanol–water partition coefficient (Wildman–Crippen LogP) is 2.83. The first-order valence-corrected chi connectivity index (χ1v) is 12.0. The highest BCUT2D eigenvalue weighted by atomic mass is 32.2. The highest BCUT2D eigenvalue weighted by molar-refractivity contribution is 7.93. The van der Waals surface area contributed by atoms with Gasteiger partial charge in [-0.3, -0.25) is 19.1 Å². The molecule has 0 unspecified atom stereocenters. The van der Waals surface area contributed by atoms with E-state index >= 15 is 0 Å². The zero-order chi connectivity index (χ0) is 26.3.